The zero-order chi connectivity index (χ0) is 28.1. The highest BCUT2D eigenvalue weighted by Crippen LogP contribution is 2.14. The van der Waals surface area contributed by atoms with Crippen LogP contribution in [0.3, 0.4) is 0 Å². The summed E-state index contributed by atoms with van der Waals surface area (Å²) in [6.45, 7) is 0.501. The highest BCUT2D eigenvalue weighted by atomic mass is 16.6. The van der Waals surface area contributed by atoms with E-state index >= 15 is 0 Å². The van der Waals surface area contributed by atoms with Gasteiger partial charge in [-0.05, 0) is 49.9 Å². The number of nitro groups is 1. The summed E-state index contributed by atoms with van der Waals surface area (Å²) >= 11 is 0. The van der Waals surface area contributed by atoms with E-state index in [2.05, 4.69) is 0 Å². The van der Waals surface area contributed by atoms with Gasteiger partial charge in [0.05, 0.1) is 11.3 Å². The van der Waals surface area contributed by atoms with Crippen LogP contribution in [0.4, 0.5) is 5.69 Å². The Morgan fingerprint density at radius 1 is 1.03 bits per heavy atom. The van der Waals surface area contributed by atoms with Gasteiger partial charge in [0.25, 0.3) is 5.69 Å². The van der Waals surface area contributed by atoms with Crippen LogP contribution < -0.4 is 17.2 Å². The molecule has 0 amide bonds. The number of nitrogens with zero attached hydrogens (tertiary/aromatic N) is 1. The van der Waals surface area contributed by atoms with E-state index < -0.39 is 22.9 Å². The number of carbonyl (C=O) groups is 3. The van der Waals surface area contributed by atoms with Gasteiger partial charge in [0, 0.05) is 23.7 Å². The Labute approximate surface area is 216 Å². The van der Waals surface area contributed by atoms with Crippen LogP contribution in [-0.4, -0.2) is 52.0 Å². The van der Waals surface area contributed by atoms with Crippen molar-refractivity contribution in [2.24, 2.45) is 17.2 Å². The Morgan fingerprint density at radius 2 is 1.59 bits per heavy atom. The zero-order valence-electron chi connectivity index (χ0n) is 20.9. The van der Waals surface area contributed by atoms with Crippen molar-refractivity contribution < 1.29 is 29.5 Å². The molecule has 2 aromatic carbocycles. The monoisotopic (exact) mass is 518 g/mol. The predicted molar refractivity (Wildman–Crippen MR) is 141 cm³/mol. The minimum atomic E-state index is -0.955. The van der Waals surface area contributed by atoms with Crippen LogP contribution in [0.2, 0.25) is 0 Å². The molecule has 1 fully saturated rings. The summed E-state index contributed by atoms with van der Waals surface area (Å²) in [7, 11) is 0. The third kappa shape index (κ3) is 18.3. The van der Waals surface area contributed by atoms with Gasteiger partial charge in [0.15, 0.2) is 0 Å². The Bertz CT molecular complexity index is 918. The number of rotatable bonds is 8. The van der Waals surface area contributed by atoms with Crippen molar-refractivity contribution in [2.45, 2.75) is 63.5 Å². The maximum atomic E-state index is 10.2. The topological polar surface area (TPSA) is 213 Å². The van der Waals surface area contributed by atoms with E-state index in [1.54, 1.807) is 12.1 Å². The summed E-state index contributed by atoms with van der Waals surface area (Å²) in [6.07, 6.45) is 8.56. The largest absolute Gasteiger partial charge is 0.481 e. The fourth-order valence-corrected chi connectivity index (χ4v) is 3.04. The van der Waals surface area contributed by atoms with Gasteiger partial charge < -0.3 is 27.4 Å². The minimum Gasteiger partial charge on any atom is -0.481 e. The van der Waals surface area contributed by atoms with Gasteiger partial charge >= 0.3 is 11.9 Å². The van der Waals surface area contributed by atoms with Crippen LogP contribution in [0.25, 0.3) is 0 Å². The van der Waals surface area contributed by atoms with Crippen LogP contribution in [-0.2, 0) is 16.0 Å². The molecule has 8 N–H and O–H groups in total. The molecule has 0 aromatic heterocycles. The number of carboxylic acids is 2. The number of non-ortho nitro benzene ring substituents is 1. The average molecular weight is 519 g/mol. The second-order valence-corrected chi connectivity index (χ2v) is 8.30. The summed E-state index contributed by atoms with van der Waals surface area (Å²) in [6, 6.07) is 14.3. The standard InChI is InChI=1S/C8H8O2.C7H5NO3.C6H13N.C5H12N2O2/c9-8(10)6-7-4-2-1-3-5-7;9-5-6-1-3-7(4-2-6)8(10)11;7-6-4-2-1-3-5-6;6-3-1-2-4(7)5(8)9/h1-5H,6H2,(H,9,10);1-5H;6H,1-5,7H2;4H,1-3,6-7H2,(H,8,9). The number of carbonyl (C=O) groups excluding carboxylic acids is 1. The van der Waals surface area contributed by atoms with E-state index in [0.29, 0.717) is 37.3 Å². The van der Waals surface area contributed by atoms with E-state index in [9.17, 15) is 24.5 Å². The molecular formula is C26H38N4O7. The van der Waals surface area contributed by atoms with Gasteiger partial charge in [0.1, 0.15) is 12.3 Å². The molecule has 0 aliphatic heterocycles. The van der Waals surface area contributed by atoms with Gasteiger partial charge in [-0.1, -0.05) is 49.6 Å². The van der Waals surface area contributed by atoms with Crippen molar-refractivity contribution in [1.82, 2.24) is 0 Å². The van der Waals surface area contributed by atoms with Crippen LogP contribution in [0, 0.1) is 10.1 Å². The third-order valence-corrected chi connectivity index (χ3v) is 5.12. The second kappa shape index (κ2) is 20.5. The van der Waals surface area contributed by atoms with Crippen molar-refractivity contribution >= 4 is 23.9 Å². The van der Waals surface area contributed by atoms with Crippen molar-refractivity contribution in [1.29, 1.82) is 0 Å². The molecule has 11 nitrogen and oxygen atoms in total. The Hall–Kier alpha value is -3.67. The molecule has 1 unspecified atom stereocenters. The lowest BCUT2D eigenvalue weighted by Crippen LogP contribution is -2.30. The molecule has 1 aliphatic carbocycles. The molecule has 1 atom stereocenters. The van der Waals surface area contributed by atoms with E-state index in [-0.39, 0.29) is 12.1 Å². The van der Waals surface area contributed by atoms with E-state index in [1.165, 1.54) is 56.4 Å². The van der Waals surface area contributed by atoms with Gasteiger partial charge in [0.2, 0.25) is 0 Å². The first-order valence-corrected chi connectivity index (χ1v) is 12.0. The van der Waals surface area contributed by atoms with E-state index in [0.717, 1.165) is 5.56 Å². The van der Waals surface area contributed by atoms with E-state index in [4.69, 9.17) is 27.4 Å². The Balaban J connectivity index is 0.000000472. The lowest BCUT2D eigenvalue weighted by atomic mass is 9.97. The molecule has 0 heterocycles. The fraction of sp³-hybridized carbons (Fsp3) is 0.423. The molecule has 2 aromatic rings. The Morgan fingerprint density at radius 3 is 1.97 bits per heavy atom. The summed E-state index contributed by atoms with van der Waals surface area (Å²) < 4.78 is 0. The van der Waals surface area contributed by atoms with Crippen LogP contribution in [0.5, 0.6) is 0 Å². The van der Waals surface area contributed by atoms with Crippen molar-refractivity contribution in [3.63, 3.8) is 0 Å². The SMILES string of the molecule is NC1CCCCC1.NCCCC(N)C(=O)O.O=C(O)Cc1ccccc1.O=Cc1ccc([N+](=O)[O-])cc1. The first kappa shape index (κ1) is 33.3. The molecule has 204 valence electrons. The summed E-state index contributed by atoms with van der Waals surface area (Å²) in [5.41, 5.74) is 17.2. The molecule has 0 radical (unpaired) electrons. The van der Waals surface area contributed by atoms with Gasteiger partial charge in [-0.25, -0.2) is 0 Å². The molecule has 1 aliphatic rings. The number of benzene rings is 2. The number of carboxylic acid groups (broad SMARTS) is 2. The van der Waals surface area contributed by atoms with Gasteiger partial charge in [-0.2, -0.15) is 0 Å². The smallest absolute Gasteiger partial charge is 0.320 e. The number of aldehydes is 1. The molecule has 0 bridgehead atoms. The number of hydrogen-bond donors (Lipinski definition) is 5. The molecule has 0 spiro atoms. The lowest BCUT2D eigenvalue weighted by molar-refractivity contribution is -0.384. The zero-order valence-corrected chi connectivity index (χ0v) is 20.9. The maximum Gasteiger partial charge on any atom is 0.320 e. The van der Waals surface area contributed by atoms with Crippen molar-refractivity contribution in [2.75, 3.05) is 6.54 Å². The average Bonchev–Trinajstić information content (AvgIpc) is 2.89. The van der Waals surface area contributed by atoms with Gasteiger partial charge in [-0.15, -0.1) is 0 Å². The van der Waals surface area contributed by atoms with E-state index in [1.807, 2.05) is 18.2 Å². The number of hydrogen-bond acceptors (Lipinski definition) is 8. The van der Waals surface area contributed by atoms with Gasteiger partial charge in [-0.3, -0.25) is 24.5 Å². The second-order valence-electron chi connectivity index (χ2n) is 8.30. The molecule has 3 rings (SSSR count). The fourth-order valence-electron chi connectivity index (χ4n) is 3.04. The summed E-state index contributed by atoms with van der Waals surface area (Å²) in [5.74, 6) is -1.74. The predicted octanol–water partition coefficient (Wildman–Crippen LogP) is 3.14. The molecule has 0 saturated heterocycles. The molecule has 37 heavy (non-hydrogen) atoms. The lowest BCUT2D eigenvalue weighted by Gasteiger charge is -2.15. The number of nitro benzene ring substituents is 1. The molecular weight excluding hydrogens is 480 g/mol. The highest BCUT2D eigenvalue weighted by Gasteiger charge is 2.09. The first-order chi connectivity index (χ1) is 17.6. The maximum absolute atomic E-state index is 10.2. The quantitative estimate of drug-likeness (QED) is 0.195. The van der Waals surface area contributed by atoms with Crippen LogP contribution in [0.1, 0.15) is 60.9 Å². The highest BCUT2D eigenvalue weighted by molar-refractivity contribution is 5.75. The molecule has 1 saturated carbocycles. The van der Waals surface area contributed by atoms with Crippen molar-refractivity contribution in [3.05, 3.63) is 75.8 Å². The summed E-state index contributed by atoms with van der Waals surface area (Å²) in [5, 5.41) is 26.7. The van der Waals surface area contributed by atoms with Crippen molar-refractivity contribution in [3.8, 4) is 0 Å². The number of aliphatic carboxylic acids is 2. The first-order valence-electron chi connectivity index (χ1n) is 12.0. The van der Waals surface area contributed by atoms with Crippen LogP contribution in [0.15, 0.2) is 54.6 Å². The molecule has 11 heteroatoms. The van der Waals surface area contributed by atoms with Crippen LogP contribution >= 0.6 is 0 Å². The Kier molecular flexibility index (Phi) is 18.5. The number of nitrogens with two attached hydrogens (primary N) is 3. The minimum absolute atomic E-state index is 0.00407. The summed E-state index contributed by atoms with van der Waals surface area (Å²) in [4.78, 5) is 39.9. The normalized spacial score (nSPS) is 13.2. The third-order valence-electron chi connectivity index (χ3n) is 5.12.